The predicted octanol–water partition coefficient (Wildman–Crippen LogP) is 4.08. The van der Waals surface area contributed by atoms with E-state index in [-0.39, 0.29) is 5.82 Å². The van der Waals surface area contributed by atoms with Gasteiger partial charge in [-0.3, -0.25) is 0 Å². The summed E-state index contributed by atoms with van der Waals surface area (Å²) < 4.78 is 19.2. The topological polar surface area (TPSA) is 35.2 Å². The standard InChI is InChI=1S/C15H15ClFNO/c1-10-5-6-11(9-14(10)17)19-15-4-2-3-13(16)12(15)7-8-18/h2-6,9H,7-8,18H2,1H3. The summed E-state index contributed by atoms with van der Waals surface area (Å²) in [6.07, 6.45) is 0.614. The average molecular weight is 280 g/mol. The summed E-state index contributed by atoms with van der Waals surface area (Å²) in [5.41, 5.74) is 6.99. The Balaban J connectivity index is 2.32. The first kappa shape index (κ1) is 13.8. The molecule has 2 aromatic rings. The van der Waals surface area contributed by atoms with E-state index in [0.717, 1.165) is 5.56 Å². The number of hydrogen-bond acceptors (Lipinski definition) is 2. The Morgan fingerprint density at radius 3 is 2.74 bits per heavy atom. The molecule has 0 unspecified atom stereocenters. The SMILES string of the molecule is Cc1ccc(Oc2cccc(Cl)c2CCN)cc1F. The van der Waals surface area contributed by atoms with E-state index in [2.05, 4.69) is 0 Å². The smallest absolute Gasteiger partial charge is 0.132 e. The van der Waals surface area contributed by atoms with Crippen molar-refractivity contribution in [1.29, 1.82) is 0 Å². The van der Waals surface area contributed by atoms with Crippen LogP contribution in [-0.2, 0) is 6.42 Å². The number of benzene rings is 2. The van der Waals surface area contributed by atoms with Crippen LogP contribution in [0, 0.1) is 12.7 Å². The first-order valence-corrected chi connectivity index (χ1v) is 6.41. The highest BCUT2D eigenvalue weighted by molar-refractivity contribution is 6.31. The second-order valence-electron chi connectivity index (χ2n) is 4.27. The molecule has 0 saturated heterocycles. The van der Waals surface area contributed by atoms with Crippen LogP contribution in [0.15, 0.2) is 36.4 Å². The van der Waals surface area contributed by atoms with Gasteiger partial charge in [0.2, 0.25) is 0 Å². The number of hydrogen-bond donors (Lipinski definition) is 1. The molecule has 2 rings (SSSR count). The van der Waals surface area contributed by atoms with Gasteiger partial charge in [-0.05, 0) is 43.7 Å². The zero-order chi connectivity index (χ0) is 13.8. The minimum Gasteiger partial charge on any atom is -0.457 e. The van der Waals surface area contributed by atoms with E-state index in [0.29, 0.717) is 35.1 Å². The molecule has 0 atom stereocenters. The van der Waals surface area contributed by atoms with Gasteiger partial charge in [0.15, 0.2) is 0 Å². The zero-order valence-electron chi connectivity index (χ0n) is 10.6. The summed E-state index contributed by atoms with van der Waals surface area (Å²) in [4.78, 5) is 0. The van der Waals surface area contributed by atoms with Crippen LogP contribution in [0.25, 0.3) is 0 Å². The molecule has 0 heterocycles. The Labute approximate surface area is 117 Å². The Hall–Kier alpha value is -1.58. The normalized spacial score (nSPS) is 10.5. The van der Waals surface area contributed by atoms with Crippen molar-refractivity contribution in [1.82, 2.24) is 0 Å². The van der Waals surface area contributed by atoms with Crippen LogP contribution in [0.5, 0.6) is 11.5 Å². The molecule has 0 aliphatic carbocycles. The second-order valence-corrected chi connectivity index (χ2v) is 4.68. The lowest BCUT2D eigenvalue weighted by Gasteiger charge is -2.12. The Morgan fingerprint density at radius 2 is 2.05 bits per heavy atom. The molecule has 0 aromatic heterocycles. The molecule has 0 spiro atoms. The van der Waals surface area contributed by atoms with Gasteiger partial charge in [-0.2, -0.15) is 0 Å². The molecule has 19 heavy (non-hydrogen) atoms. The summed E-state index contributed by atoms with van der Waals surface area (Å²) in [6, 6.07) is 10.2. The Bertz CT molecular complexity index is 586. The van der Waals surface area contributed by atoms with Gasteiger partial charge < -0.3 is 10.5 Å². The number of nitrogens with two attached hydrogens (primary N) is 1. The molecule has 0 aliphatic rings. The van der Waals surface area contributed by atoms with Crippen LogP contribution in [0.1, 0.15) is 11.1 Å². The van der Waals surface area contributed by atoms with E-state index >= 15 is 0 Å². The number of rotatable bonds is 4. The number of aryl methyl sites for hydroxylation is 1. The van der Waals surface area contributed by atoms with Crippen LogP contribution in [0.4, 0.5) is 4.39 Å². The molecule has 0 amide bonds. The van der Waals surface area contributed by atoms with Crippen LogP contribution in [0.3, 0.4) is 0 Å². The monoisotopic (exact) mass is 279 g/mol. The molecule has 0 bridgehead atoms. The van der Waals surface area contributed by atoms with Crippen molar-refractivity contribution >= 4 is 11.6 Å². The highest BCUT2D eigenvalue weighted by Gasteiger charge is 2.09. The van der Waals surface area contributed by atoms with Gasteiger partial charge in [0, 0.05) is 16.7 Å². The minimum atomic E-state index is -0.292. The lowest BCUT2D eigenvalue weighted by atomic mass is 10.1. The predicted molar refractivity (Wildman–Crippen MR) is 75.4 cm³/mol. The third kappa shape index (κ3) is 3.25. The zero-order valence-corrected chi connectivity index (χ0v) is 11.4. The summed E-state index contributed by atoms with van der Waals surface area (Å²) in [5, 5.41) is 0.607. The van der Waals surface area contributed by atoms with Gasteiger partial charge in [0.1, 0.15) is 17.3 Å². The summed E-state index contributed by atoms with van der Waals surface area (Å²) in [7, 11) is 0. The van der Waals surface area contributed by atoms with Crippen molar-refractivity contribution in [3.63, 3.8) is 0 Å². The average Bonchev–Trinajstić information content (AvgIpc) is 2.38. The molecule has 100 valence electrons. The molecule has 2 aromatic carbocycles. The first-order valence-electron chi connectivity index (χ1n) is 6.03. The van der Waals surface area contributed by atoms with E-state index < -0.39 is 0 Å². The Morgan fingerprint density at radius 1 is 1.26 bits per heavy atom. The van der Waals surface area contributed by atoms with E-state index in [1.54, 1.807) is 37.3 Å². The third-order valence-corrected chi connectivity index (χ3v) is 3.20. The summed E-state index contributed by atoms with van der Waals surface area (Å²) in [5.74, 6) is 0.768. The molecule has 2 nitrogen and oxygen atoms in total. The molecule has 0 saturated carbocycles. The van der Waals surface area contributed by atoms with Gasteiger partial charge >= 0.3 is 0 Å². The van der Waals surface area contributed by atoms with Gasteiger partial charge in [0.05, 0.1) is 0 Å². The van der Waals surface area contributed by atoms with Crippen LogP contribution >= 0.6 is 11.6 Å². The van der Waals surface area contributed by atoms with Crippen molar-refractivity contribution in [3.8, 4) is 11.5 Å². The van der Waals surface area contributed by atoms with Gasteiger partial charge in [-0.1, -0.05) is 23.7 Å². The van der Waals surface area contributed by atoms with E-state index in [4.69, 9.17) is 22.1 Å². The van der Waals surface area contributed by atoms with E-state index in [1.165, 1.54) is 6.07 Å². The fourth-order valence-electron chi connectivity index (χ4n) is 1.79. The molecule has 0 fully saturated rings. The fourth-order valence-corrected chi connectivity index (χ4v) is 2.05. The highest BCUT2D eigenvalue weighted by atomic mass is 35.5. The molecule has 0 radical (unpaired) electrons. The maximum Gasteiger partial charge on any atom is 0.132 e. The van der Waals surface area contributed by atoms with Crippen LogP contribution in [0.2, 0.25) is 5.02 Å². The molecular formula is C15H15ClFNO. The van der Waals surface area contributed by atoms with Gasteiger partial charge in [0.25, 0.3) is 0 Å². The van der Waals surface area contributed by atoms with Crippen molar-refractivity contribution in [2.75, 3.05) is 6.54 Å². The van der Waals surface area contributed by atoms with Crippen molar-refractivity contribution in [2.45, 2.75) is 13.3 Å². The highest BCUT2D eigenvalue weighted by Crippen LogP contribution is 2.31. The summed E-state index contributed by atoms with van der Waals surface area (Å²) >= 11 is 6.12. The minimum absolute atomic E-state index is 0.292. The second kappa shape index (κ2) is 6.04. The maximum atomic E-state index is 13.5. The number of ether oxygens (including phenoxy) is 1. The molecule has 0 aliphatic heterocycles. The molecule has 2 N–H and O–H groups in total. The lowest BCUT2D eigenvalue weighted by Crippen LogP contribution is -2.04. The molecular weight excluding hydrogens is 265 g/mol. The third-order valence-electron chi connectivity index (χ3n) is 2.84. The maximum absolute atomic E-state index is 13.5. The van der Waals surface area contributed by atoms with Gasteiger partial charge in [-0.15, -0.1) is 0 Å². The first-order chi connectivity index (χ1) is 9.11. The van der Waals surface area contributed by atoms with Crippen molar-refractivity contribution < 1.29 is 9.13 Å². The molecule has 4 heteroatoms. The van der Waals surface area contributed by atoms with Crippen molar-refractivity contribution in [3.05, 3.63) is 58.4 Å². The van der Waals surface area contributed by atoms with Gasteiger partial charge in [-0.25, -0.2) is 4.39 Å². The van der Waals surface area contributed by atoms with Crippen LogP contribution < -0.4 is 10.5 Å². The van der Waals surface area contributed by atoms with Crippen molar-refractivity contribution in [2.24, 2.45) is 5.73 Å². The summed E-state index contributed by atoms with van der Waals surface area (Å²) in [6.45, 7) is 2.18. The largest absolute Gasteiger partial charge is 0.457 e. The quantitative estimate of drug-likeness (QED) is 0.915. The van der Waals surface area contributed by atoms with E-state index in [1.807, 2.05) is 0 Å². The Kier molecular flexibility index (Phi) is 4.40. The van der Waals surface area contributed by atoms with Crippen LogP contribution in [-0.4, -0.2) is 6.54 Å². The van der Waals surface area contributed by atoms with E-state index in [9.17, 15) is 4.39 Å². The fraction of sp³-hybridized carbons (Fsp3) is 0.200. The number of halogens is 2. The lowest BCUT2D eigenvalue weighted by molar-refractivity contribution is 0.470.